The van der Waals surface area contributed by atoms with Gasteiger partial charge in [-0.3, -0.25) is 5.41 Å². The second-order valence-corrected chi connectivity index (χ2v) is 4.39. The molecule has 0 amide bonds. The summed E-state index contributed by atoms with van der Waals surface area (Å²) in [7, 11) is 0. The number of nitrogen functional groups attached to an aromatic ring is 1. The monoisotopic (exact) mass is 263 g/mol. The number of aromatic nitrogens is 2. The van der Waals surface area contributed by atoms with Crippen LogP contribution in [0.5, 0.6) is 0 Å². The summed E-state index contributed by atoms with van der Waals surface area (Å²) in [5.41, 5.74) is 7.13. The summed E-state index contributed by atoms with van der Waals surface area (Å²) in [4.78, 5) is 8.25. The third-order valence-electron chi connectivity index (χ3n) is 2.97. The van der Waals surface area contributed by atoms with E-state index in [4.69, 9.17) is 11.1 Å². The van der Waals surface area contributed by atoms with Gasteiger partial charge in [-0.05, 0) is 35.0 Å². The van der Waals surface area contributed by atoms with Crippen LogP contribution >= 0.6 is 0 Å². The first-order chi connectivity index (χ1) is 9.72. The van der Waals surface area contributed by atoms with Crippen LogP contribution in [0.2, 0.25) is 0 Å². The molecule has 98 valence electrons. The van der Waals surface area contributed by atoms with Crippen LogP contribution in [0.3, 0.4) is 0 Å². The lowest BCUT2D eigenvalue weighted by molar-refractivity contribution is 1.17. The Morgan fingerprint density at radius 1 is 1.00 bits per heavy atom. The Kier molecular flexibility index (Phi) is 3.01. The number of rotatable bonds is 3. The summed E-state index contributed by atoms with van der Waals surface area (Å²) in [5, 5.41) is 12.7. The van der Waals surface area contributed by atoms with Crippen molar-refractivity contribution >= 4 is 28.2 Å². The number of hydrogen-bond acceptors (Lipinski definition) is 4. The van der Waals surface area contributed by atoms with Gasteiger partial charge in [0.15, 0.2) is 0 Å². The quantitative estimate of drug-likeness (QED) is 0.500. The molecule has 0 spiro atoms. The highest BCUT2D eigenvalue weighted by Gasteiger charge is 2.01. The highest BCUT2D eigenvalue weighted by Crippen LogP contribution is 2.22. The molecule has 0 saturated carbocycles. The van der Waals surface area contributed by atoms with E-state index in [2.05, 4.69) is 15.3 Å². The van der Waals surface area contributed by atoms with E-state index in [9.17, 15) is 0 Å². The Morgan fingerprint density at radius 3 is 2.45 bits per heavy atom. The van der Waals surface area contributed by atoms with Crippen LogP contribution < -0.4 is 11.1 Å². The van der Waals surface area contributed by atoms with Crippen LogP contribution in [-0.2, 0) is 0 Å². The van der Waals surface area contributed by atoms with Crippen LogP contribution in [0.25, 0.3) is 10.8 Å². The van der Waals surface area contributed by atoms with Crippen molar-refractivity contribution in [2.45, 2.75) is 0 Å². The predicted octanol–water partition coefficient (Wildman–Crippen LogP) is 2.66. The van der Waals surface area contributed by atoms with E-state index in [1.165, 1.54) is 0 Å². The fourth-order valence-corrected chi connectivity index (χ4v) is 1.98. The standard InChI is InChI=1S/C15H13N5/c16-14(17)12-3-2-11-9-13(5-4-10(11)8-12)20-15-18-6-1-7-19-15/h1-9H,(H3,16,17)(H,18,19,20). The first-order valence-corrected chi connectivity index (χ1v) is 6.15. The number of anilines is 2. The minimum absolute atomic E-state index is 0.0757. The average Bonchev–Trinajstić information content (AvgIpc) is 2.47. The van der Waals surface area contributed by atoms with Crippen molar-refractivity contribution in [3.05, 3.63) is 60.4 Å². The lowest BCUT2D eigenvalue weighted by Gasteiger charge is -2.07. The zero-order valence-electron chi connectivity index (χ0n) is 10.7. The smallest absolute Gasteiger partial charge is 0.227 e. The molecule has 0 aliphatic carbocycles. The fraction of sp³-hybridized carbons (Fsp3) is 0. The number of nitrogens with two attached hydrogens (primary N) is 1. The summed E-state index contributed by atoms with van der Waals surface area (Å²) in [6.45, 7) is 0. The first kappa shape index (κ1) is 12.1. The van der Waals surface area contributed by atoms with Crippen molar-refractivity contribution in [1.82, 2.24) is 9.97 Å². The molecule has 2 aromatic carbocycles. The molecule has 3 aromatic rings. The van der Waals surface area contributed by atoms with Crippen molar-refractivity contribution in [2.24, 2.45) is 5.73 Å². The van der Waals surface area contributed by atoms with Crippen LogP contribution in [0, 0.1) is 5.41 Å². The normalized spacial score (nSPS) is 10.4. The van der Waals surface area contributed by atoms with Crippen LogP contribution in [0.4, 0.5) is 11.6 Å². The van der Waals surface area contributed by atoms with Gasteiger partial charge < -0.3 is 11.1 Å². The SMILES string of the molecule is N=C(N)c1ccc2cc(Nc3ncccn3)ccc2c1. The summed E-state index contributed by atoms with van der Waals surface area (Å²) in [6, 6.07) is 13.4. The number of amidine groups is 1. The molecular weight excluding hydrogens is 250 g/mol. The zero-order chi connectivity index (χ0) is 13.9. The van der Waals surface area contributed by atoms with Gasteiger partial charge in [0.05, 0.1) is 0 Å². The maximum Gasteiger partial charge on any atom is 0.227 e. The zero-order valence-corrected chi connectivity index (χ0v) is 10.7. The van der Waals surface area contributed by atoms with E-state index in [-0.39, 0.29) is 5.84 Å². The molecule has 3 rings (SSSR count). The van der Waals surface area contributed by atoms with Gasteiger partial charge in [0, 0.05) is 23.6 Å². The molecule has 0 aliphatic rings. The molecule has 0 fully saturated rings. The van der Waals surface area contributed by atoms with Gasteiger partial charge in [0.1, 0.15) is 5.84 Å². The Bertz CT molecular complexity index is 768. The maximum atomic E-state index is 7.45. The van der Waals surface area contributed by atoms with E-state index in [0.29, 0.717) is 5.95 Å². The van der Waals surface area contributed by atoms with E-state index in [0.717, 1.165) is 22.0 Å². The molecule has 5 heteroatoms. The highest BCUT2D eigenvalue weighted by molar-refractivity contribution is 5.99. The Morgan fingerprint density at radius 2 is 1.70 bits per heavy atom. The van der Waals surface area contributed by atoms with Crippen LogP contribution in [0.1, 0.15) is 5.56 Å². The number of fused-ring (bicyclic) bond motifs is 1. The van der Waals surface area contributed by atoms with Gasteiger partial charge in [0.25, 0.3) is 0 Å². The minimum atomic E-state index is 0.0757. The topological polar surface area (TPSA) is 87.7 Å². The van der Waals surface area contributed by atoms with Gasteiger partial charge in [-0.1, -0.05) is 18.2 Å². The summed E-state index contributed by atoms with van der Waals surface area (Å²) >= 11 is 0. The molecular formula is C15H13N5. The largest absolute Gasteiger partial charge is 0.384 e. The minimum Gasteiger partial charge on any atom is -0.384 e. The molecule has 0 unspecified atom stereocenters. The first-order valence-electron chi connectivity index (χ1n) is 6.15. The molecule has 4 N–H and O–H groups in total. The molecule has 0 bridgehead atoms. The van der Waals surface area contributed by atoms with Crippen molar-refractivity contribution in [3.63, 3.8) is 0 Å². The average molecular weight is 263 g/mol. The van der Waals surface area contributed by atoms with Gasteiger partial charge >= 0.3 is 0 Å². The molecule has 5 nitrogen and oxygen atoms in total. The molecule has 0 radical (unpaired) electrons. The highest BCUT2D eigenvalue weighted by atomic mass is 15.1. The van der Waals surface area contributed by atoms with Crippen molar-refractivity contribution < 1.29 is 0 Å². The van der Waals surface area contributed by atoms with Gasteiger partial charge in [-0.25, -0.2) is 9.97 Å². The third-order valence-corrected chi connectivity index (χ3v) is 2.97. The van der Waals surface area contributed by atoms with E-state index in [1.54, 1.807) is 18.5 Å². The summed E-state index contributed by atoms with van der Waals surface area (Å²) in [5.74, 6) is 0.638. The lowest BCUT2D eigenvalue weighted by atomic mass is 10.1. The predicted molar refractivity (Wildman–Crippen MR) is 80.3 cm³/mol. The Labute approximate surface area is 116 Å². The molecule has 1 aromatic heterocycles. The van der Waals surface area contributed by atoms with Crippen molar-refractivity contribution in [3.8, 4) is 0 Å². The number of hydrogen-bond donors (Lipinski definition) is 3. The molecule has 20 heavy (non-hydrogen) atoms. The number of nitrogens with one attached hydrogen (secondary N) is 2. The molecule has 0 atom stereocenters. The number of benzene rings is 2. The van der Waals surface area contributed by atoms with Gasteiger partial charge in [-0.2, -0.15) is 0 Å². The molecule has 0 aliphatic heterocycles. The lowest BCUT2D eigenvalue weighted by Crippen LogP contribution is -2.10. The van der Waals surface area contributed by atoms with Gasteiger partial charge in [-0.15, -0.1) is 0 Å². The summed E-state index contributed by atoms with van der Waals surface area (Å²) < 4.78 is 0. The summed E-state index contributed by atoms with van der Waals surface area (Å²) in [6.07, 6.45) is 3.38. The van der Waals surface area contributed by atoms with Gasteiger partial charge in [0.2, 0.25) is 5.95 Å². The third kappa shape index (κ3) is 2.42. The number of nitrogens with zero attached hydrogens (tertiary/aromatic N) is 2. The Hall–Kier alpha value is -2.95. The van der Waals surface area contributed by atoms with E-state index < -0.39 is 0 Å². The fourth-order valence-electron chi connectivity index (χ4n) is 1.98. The van der Waals surface area contributed by atoms with E-state index >= 15 is 0 Å². The molecule has 0 saturated heterocycles. The second kappa shape index (κ2) is 4.97. The van der Waals surface area contributed by atoms with Crippen molar-refractivity contribution in [2.75, 3.05) is 5.32 Å². The maximum absolute atomic E-state index is 7.45. The van der Waals surface area contributed by atoms with Crippen LogP contribution in [-0.4, -0.2) is 15.8 Å². The van der Waals surface area contributed by atoms with Crippen molar-refractivity contribution in [1.29, 1.82) is 5.41 Å². The Balaban J connectivity index is 1.95. The van der Waals surface area contributed by atoms with E-state index in [1.807, 2.05) is 36.4 Å². The van der Waals surface area contributed by atoms with Crippen LogP contribution in [0.15, 0.2) is 54.9 Å². The molecule has 1 heterocycles. The second-order valence-electron chi connectivity index (χ2n) is 4.39.